The number of nitrogens with zero attached hydrogens (tertiary/aromatic N) is 1. The molecule has 0 aliphatic rings. The van der Waals surface area contributed by atoms with Gasteiger partial charge in [0, 0.05) is 11.3 Å². The summed E-state index contributed by atoms with van der Waals surface area (Å²) in [6.07, 6.45) is 0.797. The summed E-state index contributed by atoms with van der Waals surface area (Å²) in [7, 11) is 0. The Morgan fingerprint density at radius 2 is 1.81 bits per heavy atom. The summed E-state index contributed by atoms with van der Waals surface area (Å²) in [5.41, 5.74) is 6.76. The molecule has 1 amide bonds. The monoisotopic (exact) mass is 427 g/mol. The van der Waals surface area contributed by atoms with Crippen molar-refractivity contribution in [3.8, 4) is 11.4 Å². The van der Waals surface area contributed by atoms with Crippen LogP contribution in [0.1, 0.15) is 34.0 Å². The van der Waals surface area contributed by atoms with Crippen molar-refractivity contribution in [1.82, 2.24) is 9.97 Å². The Morgan fingerprint density at radius 1 is 1.03 bits per heavy atom. The van der Waals surface area contributed by atoms with Crippen molar-refractivity contribution in [2.45, 2.75) is 27.2 Å². The number of carbonyl (C=O) groups is 2. The number of aromatic nitrogens is 2. The fourth-order valence-corrected chi connectivity index (χ4v) is 3.58. The number of benzene rings is 3. The number of hydrogen-bond donors (Lipinski definition) is 2. The lowest BCUT2D eigenvalue weighted by molar-refractivity contribution is -0.119. The van der Waals surface area contributed by atoms with Crippen LogP contribution >= 0.6 is 0 Å². The molecule has 0 aliphatic heterocycles. The lowest BCUT2D eigenvalue weighted by Crippen LogP contribution is -2.22. The molecule has 4 aromatic rings. The molecule has 32 heavy (non-hydrogen) atoms. The molecule has 3 aromatic carbocycles. The van der Waals surface area contributed by atoms with E-state index < -0.39 is 5.97 Å². The van der Waals surface area contributed by atoms with E-state index in [4.69, 9.17) is 4.74 Å². The zero-order valence-electron chi connectivity index (χ0n) is 18.4. The number of para-hydroxylation sites is 1. The molecule has 0 atom stereocenters. The van der Waals surface area contributed by atoms with Crippen molar-refractivity contribution in [3.05, 3.63) is 82.9 Å². The zero-order chi connectivity index (χ0) is 22.7. The molecule has 0 unspecified atom stereocenters. The van der Waals surface area contributed by atoms with Crippen LogP contribution in [-0.2, 0) is 16.0 Å². The van der Waals surface area contributed by atoms with Crippen molar-refractivity contribution >= 4 is 28.6 Å². The van der Waals surface area contributed by atoms with Gasteiger partial charge >= 0.3 is 5.97 Å². The Hall–Kier alpha value is -3.93. The topological polar surface area (TPSA) is 84.1 Å². The second-order valence-corrected chi connectivity index (χ2v) is 7.77. The van der Waals surface area contributed by atoms with Crippen molar-refractivity contribution in [2.75, 3.05) is 11.9 Å². The van der Waals surface area contributed by atoms with Gasteiger partial charge in [-0.2, -0.15) is 0 Å². The minimum atomic E-state index is -0.561. The summed E-state index contributed by atoms with van der Waals surface area (Å²) in [6, 6.07) is 19.0. The van der Waals surface area contributed by atoms with E-state index >= 15 is 0 Å². The number of aryl methyl sites for hydroxylation is 3. The van der Waals surface area contributed by atoms with Gasteiger partial charge in [0.1, 0.15) is 5.82 Å². The Bertz CT molecular complexity index is 1290. The molecule has 0 saturated carbocycles. The van der Waals surface area contributed by atoms with Crippen LogP contribution < -0.4 is 5.32 Å². The summed E-state index contributed by atoms with van der Waals surface area (Å²) in [5.74, 6) is -0.199. The predicted octanol–water partition coefficient (Wildman–Crippen LogP) is 5.20. The Kier molecular flexibility index (Phi) is 6.03. The normalized spacial score (nSPS) is 10.8. The van der Waals surface area contributed by atoms with Crippen molar-refractivity contribution in [2.24, 2.45) is 0 Å². The molecular formula is C26H25N3O3. The first kappa shape index (κ1) is 21.3. The largest absolute Gasteiger partial charge is 0.452 e. The van der Waals surface area contributed by atoms with E-state index in [0.29, 0.717) is 5.56 Å². The van der Waals surface area contributed by atoms with Gasteiger partial charge in [-0.3, -0.25) is 4.79 Å². The second-order valence-electron chi connectivity index (χ2n) is 7.77. The number of H-pyrrole nitrogens is 1. The highest BCUT2D eigenvalue weighted by atomic mass is 16.5. The standard InChI is InChI=1S/C26H25N3O3/c1-4-18-7-5-6-17(3)24(18)29-23(30)15-32-26(31)20-12-13-21-22(14-20)28-25(27-21)19-10-8-16(2)9-11-19/h5-14H,4,15H2,1-3H3,(H,27,28)(H,29,30). The summed E-state index contributed by atoms with van der Waals surface area (Å²) < 4.78 is 5.24. The van der Waals surface area contributed by atoms with Gasteiger partial charge in [0.05, 0.1) is 16.6 Å². The van der Waals surface area contributed by atoms with Crippen LogP contribution in [0.5, 0.6) is 0 Å². The van der Waals surface area contributed by atoms with Gasteiger partial charge in [-0.25, -0.2) is 9.78 Å². The maximum atomic E-state index is 12.5. The molecule has 0 bridgehead atoms. The van der Waals surface area contributed by atoms with E-state index in [1.165, 1.54) is 5.56 Å². The average Bonchev–Trinajstić information content (AvgIpc) is 3.22. The molecule has 0 aliphatic carbocycles. The van der Waals surface area contributed by atoms with Crippen molar-refractivity contribution < 1.29 is 14.3 Å². The summed E-state index contributed by atoms with van der Waals surface area (Å²) in [6.45, 7) is 5.64. The van der Waals surface area contributed by atoms with Gasteiger partial charge < -0.3 is 15.0 Å². The minimum absolute atomic E-state index is 0.355. The highest BCUT2D eigenvalue weighted by molar-refractivity contribution is 5.98. The molecule has 0 saturated heterocycles. The molecule has 6 heteroatoms. The molecule has 4 rings (SSSR count). The maximum absolute atomic E-state index is 12.5. The van der Waals surface area contributed by atoms with Gasteiger partial charge in [0.25, 0.3) is 5.91 Å². The van der Waals surface area contributed by atoms with E-state index in [0.717, 1.165) is 45.7 Å². The molecule has 0 radical (unpaired) electrons. The van der Waals surface area contributed by atoms with Gasteiger partial charge in [-0.05, 0) is 49.6 Å². The number of fused-ring (bicyclic) bond motifs is 1. The number of nitrogens with one attached hydrogen (secondary N) is 2. The number of rotatable bonds is 6. The Morgan fingerprint density at radius 3 is 2.56 bits per heavy atom. The number of imidazole rings is 1. The van der Waals surface area contributed by atoms with E-state index in [1.807, 2.05) is 63.2 Å². The average molecular weight is 428 g/mol. The fraction of sp³-hybridized carbons (Fsp3) is 0.192. The Labute approximate surface area is 186 Å². The summed E-state index contributed by atoms with van der Waals surface area (Å²) >= 11 is 0. The van der Waals surface area contributed by atoms with Crippen LogP contribution in [-0.4, -0.2) is 28.5 Å². The Balaban J connectivity index is 1.43. The van der Waals surface area contributed by atoms with Crippen molar-refractivity contribution in [1.29, 1.82) is 0 Å². The third kappa shape index (κ3) is 4.54. The van der Waals surface area contributed by atoms with Gasteiger partial charge in [-0.1, -0.05) is 55.0 Å². The van der Waals surface area contributed by atoms with E-state index in [1.54, 1.807) is 18.2 Å². The lowest BCUT2D eigenvalue weighted by Gasteiger charge is -2.13. The first-order chi connectivity index (χ1) is 15.4. The number of hydrogen-bond acceptors (Lipinski definition) is 4. The van der Waals surface area contributed by atoms with Gasteiger partial charge in [-0.15, -0.1) is 0 Å². The number of aromatic amines is 1. The van der Waals surface area contributed by atoms with Gasteiger partial charge in [0.15, 0.2) is 6.61 Å². The molecule has 1 heterocycles. The first-order valence-corrected chi connectivity index (χ1v) is 10.6. The zero-order valence-corrected chi connectivity index (χ0v) is 18.4. The molecule has 6 nitrogen and oxygen atoms in total. The van der Waals surface area contributed by atoms with Crippen LogP contribution in [0.3, 0.4) is 0 Å². The van der Waals surface area contributed by atoms with Crippen LogP contribution in [0.15, 0.2) is 60.7 Å². The fourth-order valence-electron chi connectivity index (χ4n) is 3.58. The van der Waals surface area contributed by atoms with E-state index in [-0.39, 0.29) is 12.5 Å². The molecule has 1 aromatic heterocycles. The van der Waals surface area contributed by atoms with Crippen molar-refractivity contribution in [3.63, 3.8) is 0 Å². The van der Waals surface area contributed by atoms with Crippen LogP contribution in [0.2, 0.25) is 0 Å². The molecule has 0 fully saturated rings. The number of esters is 1. The SMILES string of the molecule is CCc1cccc(C)c1NC(=O)COC(=O)c1ccc2nc(-c3ccc(C)cc3)[nH]c2c1. The number of ether oxygens (including phenoxy) is 1. The highest BCUT2D eigenvalue weighted by Crippen LogP contribution is 2.23. The highest BCUT2D eigenvalue weighted by Gasteiger charge is 2.14. The number of carbonyl (C=O) groups excluding carboxylic acids is 2. The van der Waals surface area contributed by atoms with Crippen LogP contribution in [0.4, 0.5) is 5.69 Å². The third-order valence-electron chi connectivity index (χ3n) is 5.38. The van der Waals surface area contributed by atoms with Crippen LogP contribution in [0, 0.1) is 13.8 Å². The summed E-state index contributed by atoms with van der Waals surface area (Å²) in [5, 5.41) is 2.86. The predicted molar refractivity (Wildman–Crippen MR) is 126 cm³/mol. The minimum Gasteiger partial charge on any atom is -0.452 e. The molecule has 2 N–H and O–H groups in total. The second kappa shape index (κ2) is 9.06. The quantitative estimate of drug-likeness (QED) is 0.414. The van der Waals surface area contributed by atoms with Crippen LogP contribution in [0.25, 0.3) is 22.4 Å². The lowest BCUT2D eigenvalue weighted by atomic mass is 10.1. The maximum Gasteiger partial charge on any atom is 0.338 e. The number of amides is 1. The molecular weight excluding hydrogens is 402 g/mol. The first-order valence-electron chi connectivity index (χ1n) is 10.6. The van der Waals surface area contributed by atoms with E-state index in [2.05, 4.69) is 15.3 Å². The molecule has 0 spiro atoms. The number of anilines is 1. The molecule has 162 valence electrons. The smallest absolute Gasteiger partial charge is 0.338 e. The summed E-state index contributed by atoms with van der Waals surface area (Å²) in [4.78, 5) is 32.7. The van der Waals surface area contributed by atoms with Gasteiger partial charge in [0.2, 0.25) is 0 Å². The third-order valence-corrected chi connectivity index (χ3v) is 5.38. The van der Waals surface area contributed by atoms with E-state index in [9.17, 15) is 9.59 Å².